The van der Waals surface area contributed by atoms with Gasteiger partial charge in [-0.1, -0.05) is 12.1 Å². The lowest BCUT2D eigenvalue weighted by atomic mass is 10.2. The minimum Gasteiger partial charge on any atom is -0.497 e. The topological polar surface area (TPSA) is 21.7 Å². The van der Waals surface area contributed by atoms with E-state index in [9.17, 15) is 0 Å². The van der Waals surface area contributed by atoms with E-state index in [4.69, 9.17) is 9.47 Å². The lowest BCUT2D eigenvalue weighted by Crippen LogP contribution is -2.18. The molecule has 0 aromatic heterocycles. The van der Waals surface area contributed by atoms with Crippen LogP contribution < -0.4 is 4.74 Å². The molecule has 1 fully saturated rings. The smallest absolute Gasteiger partial charge is 0.136 e. The average molecular weight is 193 g/mol. The summed E-state index contributed by atoms with van der Waals surface area (Å²) in [6.07, 6.45) is 0.112. The van der Waals surface area contributed by atoms with Crippen molar-refractivity contribution >= 4 is 0 Å². The van der Waals surface area contributed by atoms with E-state index in [2.05, 4.69) is 11.9 Å². The van der Waals surface area contributed by atoms with Crippen molar-refractivity contribution < 1.29 is 9.47 Å². The largest absolute Gasteiger partial charge is 0.497 e. The molecule has 0 bridgehead atoms. The summed E-state index contributed by atoms with van der Waals surface area (Å²) < 4.78 is 10.7. The maximum Gasteiger partial charge on any atom is 0.136 e. The molecule has 0 saturated carbocycles. The molecule has 1 aliphatic heterocycles. The third-order valence-corrected chi connectivity index (χ3v) is 2.52. The van der Waals surface area contributed by atoms with E-state index in [1.54, 1.807) is 7.11 Å². The molecule has 1 atom stereocenters. The quantitative estimate of drug-likeness (QED) is 0.713. The van der Waals surface area contributed by atoms with Crippen LogP contribution in [-0.2, 0) is 4.74 Å². The molecule has 1 aromatic carbocycles. The number of ether oxygens (including phenoxy) is 2. The van der Waals surface area contributed by atoms with Crippen molar-refractivity contribution in [2.24, 2.45) is 0 Å². The molecular weight excluding hydrogens is 178 g/mol. The Hall–Kier alpha value is -1.06. The number of rotatable bonds is 2. The van der Waals surface area contributed by atoms with Gasteiger partial charge in [-0.15, -0.1) is 0 Å². The molecule has 1 heterocycles. The first-order valence-electron chi connectivity index (χ1n) is 4.77. The molecule has 0 radical (unpaired) electrons. The van der Waals surface area contributed by atoms with Crippen LogP contribution in [0.5, 0.6) is 5.75 Å². The molecular formula is C11H15NO2. The predicted molar refractivity (Wildman–Crippen MR) is 54.3 cm³/mol. The molecule has 2 rings (SSSR count). The van der Waals surface area contributed by atoms with Crippen LogP contribution in [0.1, 0.15) is 11.8 Å². The van der Waals surface area contributed by atoms with Crippen LogP contribution in [0.4, 0.5) is 0 Å². The Morgan fingerprint density at radius 3 is 2.57 bits per heavy atom. The van der Waals surface area contributed by atoms with Gasteiger partial charge in [0.1, 0.15) is 12.0 Å². The summed E-state index contributed by atoms with van der Waals surface area (Å²) in [6, 6.07) is 8.02. The zero-order valence-electron chi connectivity index (χ0n) is 8.56. The Morgan fingerprint density at radius 2 is 2.07 bits per heavy atom. The number of nitrogens with zero attached hydrogens (tertiary/aromatic N) is 1. The summed E-state index contributed by atoms with van der Waals surface area (Å²) in [6.45, 7) is 1.81. The summed E-state index contributed by atoms with van der Waals surface area (Å²) >= 11 is 0. The third kappa shape index (κ3) is 1.74. The molecule has 1 aromatic rings. The minimum atomic E-state index is 0.112. The number of methoxy groups -OCH3 is 1. The molecule has 1 aliphatic rings. The highest BCUT2D eigenvalue weighted by atomic mass is 16.5. The van der Waals surface area contributed by atoms with Crippen molar-refractivity contribution in [3.05, 3.63) is 29.8 Å². The number of likely N-dealkylation sites (N-methyl/N-ethyl adjacent to an activating group) is 1. The zero-order valence-corrected chi connectivity index (χ0v) is 8.56. The van der Waals surface area contributed by atoms with Crippen LogP contribution in [0, 0.1) is 0 Å². The summed E-state index contributed by atoms with van der Waals surface area (Å²) in [5.74, 6) is 0.884. The van der Waals surface area contributed by atoms with E-state index in [0.29, 0.717) is 0 Å². The van der Waals surface area contributed by atoms with E-state index < -0.39 is 0 Å². The van der Waals surface area contributed by atoms with Gasteiger partial charge >= 0.3 is 0 Å². The number of hydrogen-bond donors (Lipinski definition) is 0. The average Bonchev–Trinajstić information content (AvgIpc) is 2.65. The van der Waals surface area contributed by atoms with Gasteiger partial charge in [0.25, 0.3) is 0 Å². The summed E-state index contributed by atoms with van der Waals surface area (Å²) in [5, 5.41) is 0. The van der Waals surface area contributed by atoms with Gasteiger partial charge in [-0.3, -0.25) is 4.90 Å². The van der Waals surface area contributed by atoms with E-state index in [1.165, 1.54) is 5.56 Å². The second kappa shape index (κ2) is 3.98. The van der Waals surface area contributed by atoms with Crippen molar-refractivity contribution in [1.29, 1.82) is 0 Å². The summed E-state index contributed by atoms with van der Waals surface area (Å²) in [4.78, 5) is 2.20. The first kappa shape index (κ1) is 9.49. The van der Waals surface area contributed by atoms with Gasteiger partial charge in [-0.25, -0.2) is 0 Å². The molecule has 3 heteroatoms. The van der Waals surface area contributed by atoms with Gasteiger partial charge in [0.2, 0.25) is 0 Å². The number of benzene rings is 1. The maximum absolute atomic E-state index is 5.61. The van der Waals surface area contributed by atoms with Crippen LogP contribution in [0.3, 0.4) is 0 Å². The van der Waals surface area contributed by atoms with E-state index >= 15 is 0 Å². The molecule has 0 spiro atoms. The Morgan fingerprint density at radius 1 is 1.36 bits per heavy atom. The van der Waals surface area contributed by atoms with Gasteiger partial charge in [-0.05, 0) is 24.7 Å². The van der Waals surface area contributed by atoms with Gasteiger partial charge in [0.15, 0.2) is 0 Å². The first-order chi connectivity index (χ1) is 6.81. The van der Waals surface area contributed by atoms with Crippen molar-refractivity contribution in [2.75, 3.05) is 27.3 Å². The molecule has 76 valence electrons. The van der Waals surface area contributed by atoms with Gasteiger partial charge < -0.3 is 9.47 Å². The fourth-order valence-corrected chi connectivity index (χ4v) is 1.67. The molecule has 14 heavy (non-hydrogen) atoms. The molecule has 0 N–H and O–H groups in total. The molecule has 1 saturated heterocycles. The van der Waals surface area contributed by atoms with Crippen LogP contribution in [0.2, 0.25) is 0 Å². The van der Waals surface area contributed by atoms with E-state index in [1.807, 2.05) is 24.3 Å². The molecule has 0 aliphatic carbocycles. The maximum atomic E-state index is 5.61. The second-order valence-electron chi connectivity index (χ2n) is 3.48. The zero-order chi connectivity index (χ0) is 9.97. The highest BCUT2D eigenvalue weighted by Crippen LogP contribution is 2.26. The third-order valence-electron chi connectivity index (χ3n) is 2.52. The SMILES string of the molecule is COc1ccc([C@H]2OCCN2C)cc1. The van der Waals surface area contributed by atoms with Crippen molar-refractivity contribution in [1.82, 2.24) is 4.90 Å². The number of hydrogen-bond acceptors (Lipinski definition) is 3. The van der Waals surface area contributed by atoms with Crippen molar-refractivity contribution in [2.45, 2.75) is 6.23 Å². The standard InChI is InChI=1S/C11H15NO2/c1-12-7-8-14-11(12)9-3-5-10(13-2)6-4-9/h3-6,11H,7-8H2,1-2H3/t11-/m1/s1. The minimum absolute atomic E-state index is 0.112. The van der Waals surface area contributed by atoms with Crippen LogP contribution in [0.25, 0.3) is 0 Å². The Bertz CT molecular complexity index is 297. The predicted octanol–water partition coefficient (Wildman–Crippen LogP) is 1.66. The molecule has 0 unspecified atom stereocenters. The van der Waals surface area contributed by atoms with Crippen LogP contribution in [0.15, 0.2) is 24.3 Å². The molecule has 0 amide bonds. The lowest BCUT2D eigenvalue weighted by molar-refractivity contribution is 0.0453. The van der Waals surface area contributed by atoms with Crippen LogP contribution >= 0.6 is 0 Å². The normalized spacial score (nSPS) is 22.6. The van der Waals surface area contributed by atoms with Gasteiger partial charge in [0, 0.05) is 6.54 Å². The fourth-order valence-electron chi connectivity index (χ4n) is 1.67. The highest BCUT2D eigenvalue weighted by Gasteiger charge is 2.22. The van der Waals surface area contributed by atoms with Crippen LogP contribution in [-0.4, -0.2) is 32.2 Å². The lowest BCUT2D eigenvalue weighted by Gasteiger charge is -2.18. The summed E-state index contributed by atoms with van der Waals surface area (Å²) in [7, 11) is 3.75. The van der Waals surface area contributed by atoms with Crippen molar-refractivity contribution in [3.8, 4) is 5.75 Å². The Kier molecular flexibility index (Phi) is 2.70. The fraction of sp³-hybridized carbons (Fsp3) is 0.455. The van der Waals surface area contributed by atoms with Crippen molar-refractivity contribution in [3.63, 3.8) is 0 Å². The van der Waals surface area contributed by atoms with E-state index in [0.717, 1.165) is 18.9 Å². The highest BCUT2D eigenvalue weighted by molar-refractivity contribution is 5.28. The van der Waals surface area contributed by atoms with Gasteiger partial charge in [-0.2, -0.15) is 0 Å². The monoisotopic (exact) mass is 193 g/mol. The summed E-state index contributed by atoms with van der Waals surface area (Å²) in [5.41, 5.74) is 1.19. The second-order valence-corrected chi connectivity index (χ2v) is 3.48. The Balaban J connectivity index is 2.16. The Labute approximate surface area is 84.2 Å². The van der Waals surface area contributed by atoms with E-state index in [-0.39, 0.29) is 6.23 Å². The molecule has 3 nitrogen and oxygen atoms in total. The first-order valence-corrected chi connectivity index (χ1v) is 4.77. The van der Waals surface area contributed by atoms with Gasteiger partial charge in [0.05, 0.1) is 13.7 Å².